The number of aromatic hydroxyl groups is 1. The van der Waals surface area contributed by atoms with Crippen molar-refractivity contribution < 1.29 is 5.11 Å². The van der Waals surface area contributed by atoms with Crippen LogP contribution in [-0.4, -0.2) is 14.9 Å². The second-order valence-corrected chi connectivity index (χ2v) is 3.95. The summed E-state index contributed by atoms with van der Waals surface area (Å²) in [6, 6.07) is 3.97. The molecule has 13 heavy (non-hydrogen) atoms. The third-order valence-electron chi connectivity index (χ3n) is 1.64. The van der Waals surface area contributed by atoms with Crippen molar-refractivity contribution in [1.82, 2.24) is 9.78 Å². The van der Waals surface area contributed by atoms with Crippen LogP contribution in [0.2, 0.25) is 5.15 Å². The number of hydrogen-bond donors (Lipinski definition) is 1. The zero-order valence-corrected chi connectivity index (χ0v) is 8.22. The summed E-state index contributed by atoms with van der Waals surface area (Å²) < 4.78 is 1.56. The van der Waals surface area contributed by atoms with Crippen LogP contribution < -0.4 is 0 Å². The van der Waals surface area contributed by atoms with Gasteiger partial charge in [-0.3, -0.25) is 0 Å². The Morgan fingerprint density at radius 2 is 2.46 bits per heavy atom. The number of nitrogens with zero attached hydrogens (tertiary/aromatic N) is 2. The lowest BCUT2D eigenvalue weighted by Gasteiger charge is -1.99. The second kappa shape index (κ2) is 3.40. The fourth-order valence-corrected chi connectivity index (χ4v) is 1.86. The Balaban J connectivity index is 2.24. The number of aromatic nitrogens is 2. The summed E-state index contributed by atoms with van der Waals surface area (Å²) in [6.07, 6.45) is 1.34. The van der Waals surface area contributed by atoms with E-state index in [1.165, 1.54) is 6.20 Å². The highest BCUT2D eigenvalue weighted by atomic mass is 35.5. The molecule has 1 N–H and O–H groups in total. The Bertz CT molecular complexity index is 396. The molecular weight excluding hydrogens is 208 g/mol. The van der Waals surface area contributed by atoms with Gasteiger partial charge >= 0.3 is 0 Å². The maximum Gasteiger partial charge on any atom is 0.173 e. The number of halogens is 1. The summed E-state index contributed by atoms with van der Waals surface area (Å²) in [5.41, 5.74) is 0. The summed E-state index contributed by atoms with van der Waals surface area (Å²) in [5.74, 6) is 0.0261. The maximum absolute atomic E-state index is 9.16. The minimum Gasteiger partial charge on any atom is -0.504 e. The lowest BCUT2D eigenvalue weighted by molar-refractivity contribution is 0.474. The molecular formula is C8H7ClN2OS. The Morgan fingerprint density at radius 1 is 1.62 bits per heavy atom. The quantitative estimate of drug-likeness (QED) is 0.834. The van der Waals surface area contributed by atoms with Crippen LogP contribution in [0, 0.1) is 0 Å². The van der Waals surface area contributed by atoms with Crippen molar-refractivity contribution in [2.24, 2.45) is 0 Å². The van der Waals surface area contributed by atoms with Gasteiger partial charge in [-0.1, -0.05) is 17.7 Å². The fourth-order valence-electron chi connectivity index (χ4n) is 1.02. The lowest BCUT2D eigenvalue weighted by Crippen LogP contribution is -1.99. The third-order valence-corrected chi connectivity index (χ3v) is 2.89. The fraction of sp³-hybridized carbons (Fsp3) is 0.125. The average molecular weight is 215 g/mol. The van der Waals surface area contributed by atoms with Crippen LogP contribution in [0.3, 0.4) is 0 Å². The van der Waals surface area contributed by atoms with Crippen LogP contribution in [0.25, 0.3) is 0 Å². The van der Waals surface area contributed by atoms with Gasteiger partial charge in [0.25, 0.3) is 0 Å². The average Bonchev–Trinajstić information content (AvgIpc) is 2.71. The highest BCUT2D eigenvalue weighted by molar-refractivity contribution is 7.09. The molecule has 0 saturated heterocycles. The van der Waals surface area contributed by atoms with Gasteiger partial charge in [0.2, 0.25) is 0 Å². The van der Waals surface area contributed by atoms with Gasteiger partial charge in [0.15, 0.2) is 10.9 Å². The van der Waals surface area contributed by atoms with Crippen LogP contribution >= 0.6 is 22.9 Å². The van der Waals surface area contributed by atoms with Crippen molar-refractivity contribution in [3.8, 4) is 5.75 Å². The summed E-state index contributed by atoms with van der Waals surface area (Å²) in [4.78, 5) is 1.16. The van der Waals surface area contributed by atoms with Crippen molar-refractivity contribution in [2.45, 2.75) is 6.54 Å². The Morgan fingerprint density at radius 3 is 3.00 bits per heavy atom. The first kappa shape index (κ1) is 8.59. The van der Waals surface area contributed by atoms with E-state index in [1.807, 2.05) is 17.5 Å². The molecule has 0 spiro atoms. The van der Waals surface area contributed by atoms with Crippen molar-refractivity contribution in [1.29, 1.82) is 0 Å². The van der Waals surface area contributed by atoms with Crippen LogP contribution in [-0.2, 0) is 6.54 Å². The van der Waals surface area contributed by atoms with Gasteiger partial charge < -0.3 is 5.11 Å². The summed E-state index contributed by atoms with van der Waals surface area (Å²) in [6.45, 7) is 0.608. The maximum atomic E-state index is 9.16. The van der Waals surface area contributed by atoms with Gasteiger partial charge in [0, 0.05) is 4.88 Å². The number of hydrogen-bond acceptors (Lipinski definition) is 3. The first-order valence-corrected chi connectivity index (χ1v) is 4.96. The molecule has 0 radical (unpaired) electrons. The smallest absolute Gasteiger partial charge is 0.173 e. The molecule has 2 aromatic heterocycles. The summed E-state index contributed by atoms with van der Waals surface area (Å²) >= 11 is 7.42. The van der Waals surface area contributed by atoms with E-state index in [1.54, 1.807) is 16.0 Å². The molecule has 0 saturated carbocycles. The number of rotatable bonds is 2. The molecule has 0 aromatic carbocycles. The van der Waals surface area contributed by atoms with Crippen molar-refractivity contribution >= 4 is 22.9 Å². The molecule has 0 bridgehead atoms. The molecule has 0 atom stereocenters. The highest BCUT2D eigenvalue weighted by Crippen LogP contribution is 2.23. The van der Waals surface area contributed by atoms with E-state index >= 15 is 0 Å². The van der Waals surface area contributed by atoms with E-state index < -0.39 is 0 Å². The predicted octanol–water partition coefficient (Wildman–Crippen LogP) is 2.35. The zero-order valence-electron chi connectivity index (χ0n) is 6.64. The monoisotopic (exact) mass is 214 g/mol. The molecule has 3 nitrogen and oxygen atoms in total. The molecule has 0 aliphatic rings. The molecule has 2 heterocycles. The molecule has 2 rings (SSSR count). The van der Waals surface area contributed by atoms with Crippen molar-refractivity contribution in [3.63, 3.8) is 0 Å². The molecule has 0 aliphatic carbocycles. The molecule has 0 fully saturated rings. The minimum atomic E-state index is 0.0261. The molecule has 68 valence electrons. The van der Waals surface area contributed by atoms with E-state index in [4.69, 9.17) is 16.7 Å². The van der Waals surface area contributed by atoms with Crippen LogP contribution in [0.1, 0.15) is 4.88 Å². The topological polar surface area (TPSA) is 38.1 Å². The van der Waals surface area contributed by atoms with Gasteiger partial charge in [0.1, 0.15) is 0 Å². The van der Waals surface area contributed by atoms with E-state index in [9.17, 15) is 0 Å². The molecule has 5 heteroatoms. The normalized spacial score (nSPS) is 10.5. The molecule has 2 aromatic rings. The minimum absolute atomic E-state index is 0.0261. The largest absolute Gasteiger partial charge is 0.504 e. The van der Waals surface area contributed by atoms with Gasteiger partial charge in [-0.05, 0) is 11.4 Å². The summed E-state index contributed by atoms with van der Waals surface area (Å²) in [5, 5.41) is 15.4. The Kier molecular flexibility index (Phi) is 2.24. The van der Waals surface area contributed by atoms with Crippen LogP contribution in [0.4, 0.5) is 0 Å². The molecule has 0 unspecified atom stereocenters. The first-order chi connectivity index (χ1) is 6.27. The van der Waals surface area contributed by atoms with Crippen LogP contribution in [0.5, 0.6) is 5.75 Å². The van der Waals surface area contributed by atoms with E-state index in [-0.39, 0.29) is 10.9 Å². The Labute approximate surface area is 84.2 Å². The van der Waals surface area contributed by atoms with Crippen molar-refractivity contribution in [3.05, 3.63) is 33.7 Å². The van der Waals surface area contributed by atoms with Gasteiger partial charge in [-0.15, -0.1) is 11.3 Å². The molecule has 0 aliphatic heterocycles. The first-order valence-electron chi connectivity index (χ1n) is 3.70. The van der Waals surface area contributed by atoms with E-state index in [0.717, 1.165) is 4.88 Å². The predicted molar refractivity (Wildman–Crippen MR) is 52.3 cm³/mol. The zero-order chi connectivity index (χ0) is 9.26. The highest BCUT2D eigenvalue weighted by Gasteiger charge is 2.06. The van der Waals surface area contributed by atoms with E-state index in [2.05, 4.69) is 5.10 Å². The third kappa shape index (κ3) is 1.68. The lowest BCUT2D eigenvalue weighted by atomic mass is 10.5. The van der Waals surface area contributed by atoms with Crippen molar-refractivity contribution in [2.75, 3.05) is 0 Å². The standard InChI is InChI=1S/C8H7ClN2OS/c9-8-7(12)4-10-11(8)5-6-2-1-3-13-6/h1-4,12H,5H2. The van der Waals surface area contributed by atoms with Crippen LogP contribution in [0.15, 0.2) is 23.7 Å². The molecule has 0 amide bonds. The van der Waals surface area contributed by atoms with Gasteiger partial charge in [0.05, 0.1) is 12.7 Å². The SMILES string of the molecule is Oc1cnn(Cc2cccs2)c1Cl. The van der Waals surface area contributed by atoms with Gasteiger partial charge in [-0.2, -0.15) is 5.10 Å². The van der Waals surface area contributed by atoms with E-state index in [0.29, 0.717) is 6.54 Å². The summed E-state index contributed by atoms with van der Waals surface area (Å²) in [7, 11) is 0. The van der Waals surface area contributed by atoms with Gasteiger partial charge in [-0.25, -0.2) is 4.68 Å². The number of thiophene rings is 1. The second-order valence-electron chi connectivity index (χ2n) is 2.56. The Hall–Kier alpha value is -1.00.